The molecule has 2 nitrogen and oxygen atoms in total. The Balaban J connectivity index is 2.13. The fraction of sp³-hybridized carbons (Fsp3) is 0.600. The lowest BCUT2D eigenvalue weighted by molar-refractivity contribution is -0.132. The molecule has 19 heavy (non-hydrogen) atoms. The van der Waals surface area contributed by atoms with Gasteiger partial charge in [-0.25, -0.2) is 8.78 Å². The molecule has 1 atom stereocenters. The first-order chi connectivity index (χ1) is 8.67. The molecular formula is C15H21F2NO. The summed E-state index contributed by atoms with van der Waals surface area (Å²) < 4.78 is 27.2. The number of β-amino-alcohol motifs (C(OH)–C–C–N with tert-alkyl or cyclic N) is 1. The summed E-state index contributed by atoms with van der Waals surface area (Å²) in [7, 11) is 0. The summed E-state index contributed by atoms with van der Waals surface area (Å²) in [4.78, 5) is 2.06. The van der Waals surface area contributed by atoms with Crippen molar-refractivity contribution in [3.63, 3.8) is 0 Å². The van der Waals surface area contributed by atoms with E-state index in [2.05, 4.69) is 32.6 Å². The molecule has 1 fully saturated rings. The van der Waals surface area contributed by atoms with Gasteiger partial charge in [0.1, 0.15) is 11.6 Å². The Morgan fingerprint density at radius 1 is 1.21 bits per heavy atom. The van der Waals surface area contributed by atoms with E-state index in [0.29, 0.717) is 0 Å². The van der Waals surface area contributed by atoms with Gasteiger partial charge in [-0.05, 0) is 31.4 Å². The smallest absolute Gasteiger partial charge is 0.131 e. The van der Waals surface area contributed by atoms with Crippen molar-refractivity contribution in [1.29, 1.82) is 0 Å². The third-order valence-electron chi connectivity index (χ3n) is 4.76. The summed E-state index contributed by atoms with van der Waals surface area (Å²) in [5.74, 6) is -1.38. The molecule has 1 unspecified atom stereocenters. The van der Waals surface area contributed by atoms with Crippen molar-refractivity contribution < 1.29 is 13.9 Å². The summed E-state index contributed by atoms with van der Waals surface area (Å²) in [6.07, 6.45) is -1.14. The van der Waals surface area contributed by atoms with Crippen LogP contribution in [0.15, 0.2) is 18.2 Å². The highest BCUT2D eigenvalue weighted by Crippen LogP contribution is 2.46. The largest absolute Gasteiger partial charge is 0.387 e. The van der Waals surface area contributed by atoms with Gasteiger partial charge >= 0.3 is 0 Å². The number of halogens is 2. The van der Waals surface area contributed by atoms with E-state index < -0.39 is 17.7 Å². The molecule has 1 aliphatic rings. The Morgan fingerprint density at radius 3 is 2.16 bits per heavy atom. The molecule has 0 bridgehead atoms. The van der Waals surface area contributed by atoms with Crippen molar-refractivity contribution in [1.82, 2.24) is 4.90 Å². The number of likely N-dealkylation sites (tertiary alicyclic amines) is 1. The highest BCUT2D eigenvalue weighted by Gasteiger charge is 2.52. The van der Waals surface area contributed by atoms with E-state index >= 15 is 0 Å². The highest BCUT2D eigenvalue weighted by atomic mass is 19.1. The molecule has 1 aromatic rings. The third kappa shape index (κ3) is 2.28. The van der Waals surface area contributed by atoms with Crippen molar-refractivity contribution in [2.75, 3.05) is 13.1 Å². The Bertz CT molecular complexity index is 465. The Hall–Kier alpha value is -1.00. The molecule has 0 aliphatic carbocycles. The van der Waals surface area contributed by atoms with E-state index in [-0.39, 0.29) is 23.1 Å². The average Bonchev–Trinajstić information content (AvgIpc) is 2.27. The van der Waals surface area contributed by atoms with E-state index in [1.807, 2.05) is 0 Å². The van der Waals surface area contributed by atoms with Crippen molar-refractivity contribution in [2.45, 2.75) is 39.3 Å². The lowest BCUT2D eigenvalue weighted by Gasteiger charge is -2.62. The summed E-state index contributed by atoms with van der Waals surface area (Å²) in [5, 5.41) is 10.1. The van der Waals surface area contributed by atoms with Crippen LogP contribution in [-0.2, 0) is 0 Å². The van der Waals surface area contributed by atoms with Crippen molar-refractivity contribution in [2.24, 2.45) is 5.41 Å². The number of hydrogen-bond donors (Lipinski definition) is 1. The second kappa shape index (κ2) is 4.53. The molecule has 1 heterocycles. The van der Waals surface area contributed by atoms with E-state index in [9.17, 15) is 13.9 Å². The summed E-state index contributed by atoms with van der Waals surface area (Å²) in [5.41, 5.74) is -0.182. The van der Waals surface area contributed by atoms with E-state index in [1.54, 1.807) is 0 Å². The first-order valence-electron chi connectivity index (χ1n) is 6.54. The fourth-order valence-electron chi connectivity index (χ4n) is 2.63. The van der Waals surface area contributed by atoms with Gasteiger partial charge < -0.3 is 5.11 Å². The van der Waals surface area contributed by atoms with E-state index in [1.165, 1.54) is 18.2 Å². The second-order valence-electron chi connectivity index (χ2n) is 6.47. The lowest BCUT2D eigenvalue weighted by atomic mass is 9.65. The molecule has 2 rings (SSSR count). The monoisotopic (exact) mass is 269 g/mol. The quantitative estimate of drug-likeness (QED) is 0.911. The molecule has 0 aromatic heterocycles. The first-order valence-corrected chi connectivity index (χ1v) is 6.54. The second-order valence-corrected chi connectivity index (χ2v) is 6.47. The summed E-state index contributed by atoms with van der Waals surface area (Å²) >= 11 is 0. The van der Waals surface area contributed by atoms with Gasteiger partial charge in [0.15, 0.2) is 0 Å². The van der Waals surface area contributed by atoms with Crippen LogP contribution in [0.3, 0.4) is 0 Å². The lowest BCUT2D eigenvalue weighted by Crippen LogP contribution is -2.69. The standard InChI is InChI=1S/C15H21F2NO/c1-14(2)9-18(15(14,3)4)8-12(19)13-10(16)6-5-7-11(13)17/h5-7,12,19H,8-9H2,1-4H3. The fourth-order valence-corrected chi connectivity index (χ4v) is 2.63. The van der Waals surface area contributed by atoms with Gasteiger partial charge in [0.05, 0.1) is 11.7 Å². The van der Waals surface area contributed by atoms with Crippen molar-refractivity contribution in [3.05, 3.63) is 35.4 Å². The average molecular weight is 269 g/mol. The molecule has 1 N–H and O–H groups in total. The molecule has 1 saturated heterocycles. The SMILES string of the molecule is CC1(C)CN(CC(O)c2c(F)cccc2F)C1(C)C. The Kier molecular flexibility index (Phi) is 3.43. The van der Waals surface area contributed by atoms with Gasteiger partial charge in [-0.2, -0.15) is 0 Å². The molecule has 0 amide bonds. The number of nitrogens with zero attached hydrogens (tertiary/aromatic N) is 1. The molecule has 0 spiro atoms. The van der Waals surface area contributed by atoms with E-state index in [0.717, 1.165) is 6.54 Å². The topological polar surface area (TPSA) is 23.5 Å². The van der Waals surface area contributed by atoms with Crippen LogP contribution in [-0.4, -0.2) is 28.6 Å². The number of rotatable bonds is 3. The van der Waals surface area contributed by atoms with Crippen LogP contribution < -0.4 is 0 Å². The highest BCUT2D eigenvalue weighted by molar-refractivity contribution is 5.23. The van der Waals surface area contributed by atoms with Gasteiger partial charge in [0.2, 0.25) is 0 Å². The van der Waals surface area contributed by atoms with Gasteiger partial charge in [0.25, 0.3) is 0 Å². The van der Waals surface area contributed by atoms with Crippen LogP contribution in [0.4, 0.5) is 8.78 Å². The van der Waals surface area contributed by atoms with Crippen LogP contribution in [0.25, 0.3) is 0 Å². The molecular weight excluding hydrogens is 248 g/mol. The van der Waals surface area contributed by atoms with Crippen molar-refractivity contribution >= 4 is 0 Å². The maximum absolute atomic E-state index is 13.6. The summed E-state index contributed by atoms with van der Waals surface area (Å²) in [6, 6.07) is 3.65. The molecule has 4 heteroatoms. The summed E-state index contributed by atoms with van der Waals surface area (Å²) in [6.45, 7) is 9.53. The molecule has 1 aliphatic heterocycles. The molecule has 0 saturated carbocycles. The van der Waals surface area contributed by atoms with Crippen LogP contribution in [0.5, 0.6) is 0 Å². The number of benzene rings is 1. The van der Waals surface area contributed by atoms with Crippen LogP contribution in [0.2, 0.25) is 0 Å². The van der Waals surface area contributed by atoms with Gasteiger partial charge in [-0.3, -0.25) is 4.90 Å². The third-order valence-corrected chi connectivity index (χ3v) is 4.76. The Labute approximate surface area is 113 Å². The number of aliphatic hydroxyl groups is 1. The Morgan fingerprint density at radius 2 is 1.74 bits per heavy atom. The number of hydrogen-bond acceptors (Lipinski definition) is 2. The predicted molar refractivity (Wildman–Crippen MR) is 70.8 cm³/mol. The van der Waals surface area contributed by atoms with Crippen molar-refractivity contribution in [3.8, 4) is 0 Å². The normalized spacial score (nSPS) is 22.9. The van der Waals surface area contributed by atoms with Crippen LogP contribution in [0, 0.1) is 17.0 Å². The molecule has 0 radical (unpaired) electrons. The van der Waals surface area contributed by atoms with Gasteiger partial charge in [-0.1, -0.05) is 19.9 Å². The molecule has 106 valence electrons. The zero-order valence-corrected chi connectivity index (χ0v) is 11.9. The molecule has 1 aromatic carbocycles. The van der Waals surface area contributed by atoms with Gasteiger partial charge in [0, 0.05) is 18.6 Å². The first kappa shape index (κ1) is 14.4. The van der Waals surface area contributed by atoms with E-state index in [4.69, 9.17) is 0 Å². The van der Waals surface area contributed by atoms with Crippen LogP contribution >= 0.6 is 0 Å². The predicted octanol–water partition coefficient (Wildman–Crippen LogP) is 3.12. The minimum Gasteiger partial charge on any atom is -0.387 e. The van der Waals surface area contributed by atoms with Crippen LogP contribution in [0.1, 0.15) is 39.4 Å². The minimum absolute atomic E-state index is 0.0876. The zero-order valence-electron chi connectivity index (χ0n) is 11.9. The maximum atomic E-state index is 13.6. The zero-order chi connectivity index (χ0) is 14.4. The number of aliphatic hydroxyl groups excluding tert-OH is 1. The van der Waals surface area contributed by atoms with Gasteiger partial charge in [-0.15, -0.1) is 0 Å². The maximum Gasteiger partial charge on any atom is 0.131 e. The minimum atomic E-state index is -1.14.